The molecule has 20 heavy (non-hydrogen) atoms. The van der Waals surface area contributed by atoms with Gasteiger partial charge in [0.1, 0.15) is 0 Å². The maximum atomic E-state index is 4.90. The van der Waals surface area contributed by atoms with Crippen LogP contribution in [-0.2, 0) is 0 Å². The van der Waals surface area contributed by atoms with Crippen LogP contribution < -0.4 is 5.32 Å². The predicted octanol–water partition coefficient (Wildman–Crippen LogP) is 5.05. The van der Waals surface area contributed by atoms with Crippen molar-refractivity contribution in [2.75, 3.05) is 6.54 Å². The van der Waals surface area contributed by atoms with Crippen LogP contribution in [0.15, 0.2) is 23.2 Å². The van der Waals surface area contributed by atoms with Crippen LogP contribution in [0, 0.1) is 3.57 Å². The van der Waals surface area contributed by atoms with E-state index >= 15 is 0 Å². The Labute approximate surface area is 139 Å². The van der Waals surface area contributed by atoms with Crippen molar-refractivity contribution >= 4 is 45.2 Å². The van der Waals surface area contributed by atoms with Crippen molar-refractivity contribution in [3.63, 3.8) is 0 Å². The molecule has 1 saturated heterocycles. The summed E-state index contributed by atoms with van der Waals surface area (Å²) in [5, 5.41) is 4.65. The Morgan fingerprint density at radius 1 is 1.30 bits per heavy atom. The number of aliphatic imine (C=N–C) groups is 1. The van der Waals surface area contributed by atoms with Crippen LogP contribution in [0.5, 0.6) is 0 Å². The topological polar surface area (TPSA) is 24.4 Å². The van der Waals surface area contributed by atoms with E-state index in [2.05, 4.69) is 60.0 Å². The van der Waals surface area contributed by atoms with E-state index in [1.165, 1.54) is 34.8 Å². The zero-order valence-corrected chi connectivity index (χ0v) is 15.1. The molecule has 1 spiro atoms. The van der Waals surface area contributed by atoms with E-state index in [-0.39, 0.29) is 0 Å². The molecule has 2 nitrogen and oxygen atoms in total. The van der Waals surface area contributed by atoms with Gasteiger partial charge in [0.25, 0.3) is 0 Å². The van der Waals surface area contributed by atoms with Gasteiger partial charge in [0.05, 0.1) is 5.69 Å². The molecular formula is C16H21IN2S. The Hall–Kier alpha value is -0.230. The Balaban J connectivity index is 1.86. The average Bonchev–Trinajstić information content (AvgIpc) is 3.02. The minimum absolute atomic E-state index is 0.444. The molecule has 0 radical (unpaired) electrons. The van der Waals surface area contributed by atoms with Crippen LogP contribution in [0.3, 0.4) is 0 Å². The van der Waals surface area contributed by atoms with Gasteiger partial charge in [-0.25, -0.2) is 4.99 Å². The molecule has 108 valence electrons. The Kier molecular flexibility index (Phi) is 4.32. The molecule has 3 rings (SSSR count). The minimum Gasteiger partial charge on any atom is -0.363 e. The number of thioether (sulfide) groups is 1. The third-order valence-corrected chi connectivity index (χ3v) is 6.31. The zero-order chi connectivity index (χ0) is 14.2. The van der Waals surface area contributed by atoms with Crippen molar-refractivity contribution in [3.8, 4) is 0 Å². The normalized spacial score (nSPS) is 22.9. The summed E-state index contributed by atoms with van der Waals surface area (Å²) in [6.07, 6.45) is 5.44. The summed E-state index contributed by atoms with van der Waals surface area (Å²) in [6, 6.07) is 6.57. The molecule has 2 aliphatic rings. The van der Waals surface area contributed by atoms with Crippen LogP contribution in [0.4, 0.5) is 5.69 Å². The van der Waals surface area contributed by atoms with Gasteiger partial charge in [-0.2, -0.15) is 0 Å². The quantitative estimate of drug-likeness (QED) is 0.703. The van der Waals surface area contributed by atoms with Crippen LogP contribution in [0.2, 0.25) is 0 Å². The molecule has 0 unspecified atom stereocenters. The molecule has 1 aromatic rings. The molecule has 4 heteroatoms. The third kappa shape index (κ3) is 3.01. The van der Waals surface area contributed by atoms with Crippen molar-refractivity contribution in [1.82, 2.24) is 5.32 Å². The lowest BCUT2D eigenvalue weighted by molar-refractivity contribution is 0.609. The van der Waals surface area contributed by atoms with Crippen LogP contribution in [0.25, 0.3) is 0 Å². The van der Waals surface area contributed by atoms with E-state index < -0.39 is 0 Å². The maximum absolute atomic E-state index is 4.90. The van der Waals surface area contributed by atoms with Gasteiger partial charge in [0.15, 0.2) is 5.17 Å². The Bertz CT molecular complexity index is 533. The molecule has 2 fully saturated rings. The van der Waals surface area contributed by atoms with E-state index in [9.17, 15) is 0 Å². The standard InChI is InChI=1S/C16H21IN2S/c1-11(2)13-9-12(17)5-6-14(13)19-15-18-10-16(20-15)7-3-4-8-16/h5-6,9,11H,3-4,7-8,10H2,1-2H3,(H,18,19). The SMILES string of the molecule is CC(C)c1cc(I)ccc1/N=C1/NCC2(CCCC2)S1. The number of rotatable bonds is 2. The van der Waals surface area contributed by atoms with Gasteiger partial charge in [-0.05, 0) is 65.1 Å². The maximum Gasteiger partial charge on any atom is 0.162 e. The molecule has 1 N–H and O–H groups in total. The van der Waals surface area contributed by atoms with Crippen LogP contribution >= 0.6 is 34.4 Å². The lowest BCUT2D eigenvalue weighted by Gasteiger charge is -2.17. The summed E-state index contributed by atoms with van der Waals surface area (Å²) in [7, 11) is 0. The van der Waals surface area contributed by atoms with E-state index in [0.29, 0.717) is 10.7 Å². The molecule has 0 bridgehead atoms. The van der Waals surface area contributed by atoms with Crippen molar-refractivity contribution in [3.05, 3.63) is 27.3 Å². The van der Waals surface area contributed by atoms with Gasteiger partial charge < -0.3 is 5.32 Å². The van der Waals surface area contributed by atoms with Gasteiger partial charge in [0, 0.05) is 14.9 Å². The lowest BCUT2D eigenvalue weighted by atomic mass is 10.0. The summed E-state index contributed by atoms with van der Waals surface area (Å²) >= 11 is 4.35. The highest BCUT2D eigenvalue weighted by Gasteiger charge is 2.40. The number of amidine groups is 1. The Morgan fingerprint density at radius 2 is 2.05 bits per heavy atom. The summed E-state index contributed by atoms with van der Waals surface area (Å²) in [4.78, 5) is 4.90. The summed E-state index contributed by atoms with van der Waals surface area (Å²) in [6.45, 7) is 5.57. The fourth-order valence-corrected chi connectivity index (χ4v) is 4.92. The fraction of sp³-hybridized carbons (Fsp3) is 0.562. The van der Waals surface area contributed by atoms with Crippen molar-refractivity contribution in [2.24, 2.45) is 4.99 Å². The smallest absolute Gasteiger partial charge is 0.162 e. The largest absolute Gasteiger partial charge is 0.363 e. The average molecular weight is 400 g/mol. The zero-order valence-electron chi connectivity index (χ0n) is 12.1. The summed E-state index contributed by atoms with van der Waals surface area (Å²) in [5.74, 6) is 0.510. The third-order valence-electron chi connectivity index (χ3n) is 4.22. The monoisotopic (exact) mass is 400 g/mol. The number of halogens is 1. The van der Waals surface area contributed by atoms with E-state index in [1.54, 1.807) is 0 Å². The molecule has 0 amide bonds. The first-order valence-electron chi connectivity index (χ1n) is 7.39. The van der Waals surface area contributed by atoms with Crippen molar-refractivity contribution < 1.29 is 0 Å². The number of hydrogen-bond donors (Lipinski definition) is 1. The lowest BCUT2D eigenvalue weighted by Crippen LogP contribution is -2.25. The second-order valence-electron chi connectivity index (χ2n) is 6.12. The van der Waals surface area contributed by atoms with E-state index in [1.807, 2.05) is 11.8 Å². The number of nitrogens with one attached hydrogen (secondary N) is 1. The second kappa shape index (κ2) is 5.87. The van der Waals surface area contributed by atoms with Gasteiger partial charge in [0.2, 0.25) is 0 Å². The highest BCUT2D eigenvalue weighted by Crippen LogP contribution is 2.45. The number of nitrogens with zero attached hydrogens (tertiary/aromatic N) is 1. The predicted molar refractivity (Wildman–Crippen MR) is 97.1 cm³/mol. The fourth-order valence-electron chi connectivity index (χ4n) is 3.07. The number of hydrogen-bond acceptors (Lipinski definition) is 2. The van der Waals surface area contributed by atoms with Crippen molar-refractivity contribution in [1.29, 1.82) is 0 Å². The van der Waals surface area contributed by atoms with E-state index in [4.69, 9.17) is 4.99 Å². The molecule has 1 aromatic carbocycles. The molecule has 1 aliphatic heterocycles. The first-order chi connectivity index (χ1) is 9.58. The highest BCUT2D eigenvalue weighted by molar-refractivity contribution is 14.1. The first-order valence-corrected chi connectivity index (χ1v) is 9.29. The van der Waals surface area contributed by atoms with Crippen LogP contribution in [-0.4, -0.2) is 16.5 Å². The van der Waals surface area contributed by atoms with Gasteiger partial charge in [-0.3, -0.25) is 0 Å². The number of benzene rings is 1. The first kappa shape index (κ1) is 14.7. The minimum atomic E-state index is 0.444. The molecular weight excluding hydrogens is 379 g/mol. The molecule has 0 atom stereocenters. The van der Waals surface area contributed by atoms with Gasteiger partial charge in [-0.15, -0.1) is 0 Å². The van der Waals surface area contributed by atoms with Crippen molar-refractivity contribution in [2.45, 2.75) is 50.2 Å². The molecule has 1 heterocycles. The van der Waals surface area contributed by atoms with Crippen LogP contribution in [0.1, 0.15) is 51.0 Å². The van der Waals surface area contributed by atoms with E-state index in [0.717, 1.165) is 17.4 Å². The second-order valence-corrected chi connectivity index (χ2v) is 8.82. The van der Waals surface area contributed by atoms with Gasteiger partial charge in [-0.1, -0.05) is 38.5 Å². The van der Waals surface area contributed by atoms with Gasteiger partial charge >= 0.3 is 0 Å². The molecule has 0 aromatic heterocycles. The highest BCUT2D eigenvalue weighted by atomic mass is 127. The summed E-state index contributed by atoms with van der Waals surface area (Å²) in [5.41, 5.74) is 2.48. The molecule has 1 saturated carbocycles. The molecule has 1 aliphatic carbocycles. The summed E-state index contributed by atoms with van der Waals surface area (Å²) < 4.78 is 1.73. The Morgan fingerprint density at radius 3 is 2.75 bits per heavy atom.